The van der Waals surface area contributed by atoms with Crippen molar-refractivity contribution in [3.8, 4) is 16.9 Å². The summed E-state index contributed by atoms with van der Waals surface area (Å²) >= 11 is 0. The Morgan fingerprint density at radius 1 is 1.05 bits per heavy atom. The highest BCUT2D eigenvalue weighted by atomic mass is 15.4. The van der Waals surface area contributed by atoms with Crippen LogP contribution in [-0.2, 0) is 0 Å². The van der Waals surface area contributed by atoms with Crippen LogP contribution in [0.2, 0.25) is 0 Å². The van der Waals surface area contributed by atoms with Crippen LogP contribution in [0, 0.1) is 6.92 Å². The third-order valence-electron chi connectivity index (χ3n) is 3.12. The quantitative estimate of drug-likeness (QED) is 0.711. The van der Waals surface area contributed by atoms with Crippen molar-refractivity contribution in [1.29, 1.82) is 0 Å². The number of anilines is 1. The van der Waals surface area contributed by atoms with Crippen LogP contribution < -0.4 is 5.73 Å². The van der Waals surface area contributed by atoms with E-state index in [4.69, 9.17) is 5.73 Å². The molecule has 3 aromatic rings. The fourth-order valence-corrected chi connectivity index (χ4v) is 2.03. The fraction of sp³-hybridized carbons (Fsp3) is 0.0667. The second-order valence-corrected chi connectivity index (χ2v) is 4.44. The lowest BCUT2D eigenvalue weighted by atomic mass is 10.1. The van der Waals surface area contributed by atoms with Gasteiger partial charge in [0.05, 0.1) is 17.6 Å². The maximum atomic E-state index is 5.85. The summed E-state index contributed by atoms with van der Waals surface area (Å²) < 4.78 is 1.82. The van der Waals surface area contributed by atoms with Gasteiger partial charge in [-0.3, -0.25) is 0 Å². The van der Waals surface area contributed by atoms with Crippen molar-refractivity contribution in [1.82, 2.24) is 15.0 Å². The summed E-state index contributed by atoms with van der Waals surface area (Å²) in [6, 6.07) is 15.9. The normalized spacial score (nSPS) is 10.6. The molecule has 1 aromatic heterocycles. The van der Waals surface area contributed by atoms with E-state index in [1.54, 1.807) is 6.20 Å². The molecule has 0 saturated heterocycles. The number of rotatable bonds is 2. The van der Waals surface area contributed by atoms with E-state index in [-0.39, 0.29) is 0 Å². The Bertz CT molecular complexity index is 701. The topological polar surface area (TPSA) is 56.7 Å². The average Bonchev–Trinajstić information content (AvgIpc) is 2.92. The summed E-state index contributed by atoms with van der Waals surface area (Å²) in [5, 5.41) is 8.16. The summed E-state index contributed by atoms with van der Waals surface area (Å²) in [6.45, 7) is 2.00. The number of para-hydroxylation sites is 1. The number of nitrogens with zero attached hydrogens (tertiary/aromatic N) is 3. The number of nitrogen functional groups attached to an aromatic ring is 1. The summed E-state index contributed by atoms with van der Waals surface area (Å²) in [4.78, 5) is 0. The molecule has 4 heteroatoms. The van der Waals surface area contributed by atoms with Gasteiger partial charge in [-0.2, -0.15) is 0 Å². The zero-order valence-corrected chi connectivity index (χ0v) is 10.6. The first kappa shape index (κ1) is 11.5. The molecule has 3 rings (SSSR count). The van der Waals surface area contributed by atoms with Crippen molar-refractivity contribution < 1.29 is 0 Å². The second kappa shape index (κ2) is 4.57. The first-order chi connectivity index (χ1) is 9.25. The van der Waals surface area contributed by atoms with Crippen molar-refractivity contribution in [3.05, 3.63) is 60.3 Å². The maximum absolute atomic E-state index is 5.85. The minimum Gasteiger partial charge on any atom is -0.399 e. The van der Waals surface area contributed by atoms with E-state index in [1.165, 1.54) is 0 Å². The van der Waals surface area contributed by atoms with Gasteiger partial charge in [-0.1, -0.05) is 29.5 Å². The molecule has 0 aliphatic rings. The molecule has 0 fully saturated rings. The molecule has 0 aliphatic carbocycles. The summed E-state index contributed by atoms with van der Waals surface area (Å²) in [5.41, 5.74) is 10.7. The van der Waals surface area contributed by atoms with E-state index in [0.717, 1.165) is 28.2 Å². The molecule has 0 unspecified atom stereocenters. The molecule has 0 amide bonds. The van der Waals surface area contributed by atoms with Crippen molar-refractivity contribution in [3.63, 3.8) is 0 Å². The van der Waals surface area contributed by atoms with Crippen LogP contribution in [0.15, 0.2) is 54.7 Å². The first-order valence-electron chi connectivity index (χ1n) is 6.08. The van der Waals surface area contributed by atoms with Gasteiger partial charge in [-0.15, -0.1) is 5.10 Å². The predicted molar refractivity (Wildman–Crippen MR) is 75.9 cm³/mol. The van der Waals surface area contributed by atoms with Crippen LogP contribution in [-0.4, -0.2) is 15.0 Å². The van der Waals surface area contributed by atoms with Crippen LogP contribution in [0.5, 0.6) is 0 Å². The van der Waals surface area contributed by atoms with Crippen LogP contribution >= 0.6 is 0 Å². The molecule has 2 aromatic carbocycles. The van der Waals surface area contributed by atoms with Crippen molar-refractivity contribution in [2.75, 3.05) is 5.73 Å². The largest absolute Gasteiger partial charge is 0.399 e. The zero-order valence-electron chi connectivity index (χ0n) is 10.6. The maximum Gasteiger partial charge on any atom is 0.0944 e. The molecule has 1 heterocycles. The van der Waals surface area contributed by atoms with Crippen LogP contribution in [0.1, 0.15) is 5.56 Å². The standard InChI is InChI=1S/C15H14N4/c1-11-9-12(7-8-14(11)16)15-10-17-18-19(15)13-5-3-2-4-6-13/h2-10H,16H2,1H3. The highest BCUT2D eigenvalue weighted by Crippen LogP contribution is 2.24. The Hall–Kier alpha value is -2.62. The minimum absolute atomic E-state index is 0.794. The van der Waals surface area contributed by atoms with E-state index in [2.05, 4.69) is 10.3 Å². The predicted octanol–water partition coefficient (Wildman–Crippen LogP) is 2.82. The number of aromatic nitrogens is 3. The Morgan fingerprint density at radius 3 is 2.58 bits per heavy atom. The van der Waals surface area contributed by atoms with Gasteiger partial charge in [-0.25, -0.2) is 4.68 Å². The van der Waals surface area contributed by atoms with Gasteiger partial charge in [-0.05, 0) is 36.8 Å². The monoisotopic (exact) mass is 250 g/mol. The molecular formula is C15H14N4. The van der Waals surface area contributed by atoms with Crippen molar-refractivity contribution in [2.24, 2.45) is 0 Å². The molecule has 0 bridgehead atoms. The lowest BCUT2D eigenvalue weighted by Gasteiger charge is -2.07. The third-order valence-corrected chi connectivity index (χ3v) is 3.12. The van der Waals surface area contributed by atoms with E-state index in [9.17, 15) is 0 Å². The molecule has 94 valence electrons. The Morgan fingerprint density at radius 2 is 1.84 bits per heavy atom. The first-order valence-corrected chi connectivity index (χ1v) is 6.08. The smallest absolute Gasteiger partial charge is 0.0944 e. The van der Waals surface area contributed by atoms with Gasteiger partial charge < -0.3 is 5.73 Å². The molecule has 19 heavy (non-hydrogen) atoms. The molecule has 4 nitrogen and oxygen atoms in total. The van der Waals surface area contributed by atoms with E-state index < -0.39 is 0 Å². The Kier molecular flexibility index (Phi) is 2.76. The summed E-state index contributed by atoms with van der Waals surface area (Å²) in [5.74, 6) is 0. The SMILES string of the molecule is Cc1cc(-c2cnnn2-c2ccccc2)ccc1N. The van der Waals surface area contributed by atoms with E-state index in [0.29, 0.717) is 0 Å². The number of hydrogen-bond donors (Lipinski definition) is 1. The summed E-state index contributed by atoms with van der Waals surface area (Å²) in [7, 11) is 0. The number of aryl methyl sites for hydroxylation is 1. The number of hydrogen-bond acceptors (Lipinski definition) is 3. The van der Waals surface area contributed by atoms with Gasteiger partial charge in [0.2, 0.25) is 0 Å². The highest BCUT2D eigenvalue weighted by Gasteiger charge is 2.09. The van der Waals surface area contributed by atoms with Crippen LogP contribution in [0.4, 0.5) is 5.69 Å². The third kappa shape index (κ3) is 2.08. The van der Waals surface area contributed by atoms with Crippen molar-refractivity contribution in [2.45, 2.75) is 6.92 Å². The van der Waals surface area contributed by atoms with E-state index in [1.807, 2.05) is 60.1 Å². The van der Waals surface area contributed by atoms with E-state index >= 15 is 0 Å². The molecule has 0 aliphatic heterocycles. The molecule has 0 atom stereocenters. The van der Waals surface area contributed by atoms with Crippen LogP contribution in [0.3, 0.4) is 0 Å². The second-order valence-electron chi connectivity index (χ2n) is 4.44. The Labute approximate surface area is 111 Å². The molecule has 0 saturated carbocycles. The van der Waals surface area contributed by atoms with Gasteiger partial charge in [0.15, 0.2) is 0 Å². The van der Waals surface area contributed by atoms with Crippen molar-refractivity contribution >= 4 is 5.69 Å². The number of benzene rings is 2. The molecular weight excluding hydrogens is 236 g/mol. The van der Waals surface area contributed by atoms with Gasteiger partial charge in [0.1, 0.15) is 0 Å². The lowest BCUT2D eigenvalue weighted by Crippen LogP contribution is -1.99. The lowest BCUT2D eigenvalue weighted by molar-refractivity contribution is 0.808. The fourth-order valence-electron chi connectivity index (χ4n) is 2.03. The van der Waals surface area contributed by atoms with Gasteiger partial charge in [0, 0.05) is 11.3 Å². The molecule has 2 N–H and O–H groups in total. The number of nitrogens with two attached hydrogens (primary N) is 1. The van der Waals surface area contributed by atoms with Crippen LogP contribution in [0.25, 0.3) is 16.9 Å². The minimum atomic E-state index is 0.794. The van der Waals surface area contributed by atoms with Gasteiger partial charge in [0.25, 0.3) is 0 Å². The Balaban J connectivity index is 2.12. The highest BCUT2D eigenvalue weighted by molar-refractivity contribution is 5.65. The average molecular weight is 250 g/mol. The van der Waals surface area contributed by atoms with Gasteiger partial charge >= 0.3 is 0 Å². The zero-order chi connectivity index (χ0) is 13.2. The molecule has 0 spiro atoms. The summed E-state index contributed by atoms with van der Waals surface area (Å²) in [6.07, 6.45) is 1.76. The molecule has 0 radical (unpaired) electrons.